The van der Waals surface area contributed by atoms with Crippen LogP contribution in [0.15, 0.2) is 28.3 Å². The summed E-state index contributed by atoms with van der Waals surface area (Å²) in [4.78, 5) is 19.8. The molecule has 0 unspecified atom stereocenters. The Morgan fingerprint density at radius 3 is 3.10 bits per heavy atom. The Bertz CT molecular complexity index is 590. The van der Waals surface area contributed by atoms with Gasteiger partial charge >= 0.3 is 0 Å². The molecule has 20 heavy (non-hydrogen) atoms. The maximum absolute atomic E-state index is 11.9. The predicted molar refractivity (Wildman–Crippen MR) is 82.2 cm³/mol. The van der Waals surface area contributed by atoms with Crippen LogP contribution in [0.3, 0.4) is 0 Å². The minimum atomic E-state index is 0.139. The monoisotopic (exact) mass is 288 g/mol. The molecule has 0 aromatic heterocycles. The summed E-state index contributed by atoms with van der Waals surface area (Å²) in [7, 11) is 0. The van der Waals surface area contributed by atoms with E-state index in [0.29, 0.717) is 12.3 Å². The van der Waals surface area contributed by atoms with Crippen LogP contribution in [-0.2, 0) is 9.63 Å². The van der Waals surface area contributed by atoms with Crippen LogP contribution in [0.1, 0.15) is 19.4 Å². The quantitative estimate of drug-likeness (QED) is 0.370. The fourth-order valence-electron chi connectivity index (χ4n) is 1.99. The molecule has 0 aliphatic carbocycles. The molecule has 0 fully saturated rings. The van der Waals surface area contributed by atoms with Crippen molar-refractivity contribution in [3.05, 3.63) is 23.8 Å². The first kappa shape index (κ1) is 14.5. The molecule has 0 N–H and O–H groups in total. The Morgan fingerprint density at radius 2 is 2.40 bits per heavy atom. The number of terminal acetylenes is 1. The van der Waals surface area contributed by atoms with E-state index in [1.807, 2.05) is 32.0 Å². The molecule has 1 aromatic rings. The van der Waals surface area contributed by atoms with Crippen molar-refractivity contribution in [2.45, 2.75) is 18.7 Å². The van der Waals surface area contributed by atoms with Crippen LogP contribution in [0.2, 0.25) is 0 Å². The summed E-state index contributed by atoms with van der Waals surface area (Å²) in [5.74, 6) is 3.00. The van der Waals surface area contributed by atoms with Crippen molar-refractivity contribution in [2.75, 3.05) is 23.8 Å². The van der Waals surface area contributed by atoms with Gasteiger partial charge in [0.2, 0.25) is 5.91 Å². The molecule has 0 bridgehead atoms. The number of carbonyl (C=O) groups excluding carboxylic acids is 1. The maximum atomic E-state index is 11.9. The molecular weight excluding hydrogens is 272 g/mol. The van der Waals surface area contributed by atoms with Crippen molar-refractivity contribution in [2.24, 2.45) is 5.16 Å². The Balaban J connectivity index is 2.31. The Morgan fingerprint density at radius 1 is 1.60 bits per heavy atom. The molecule has 1 aliphatic rings. The van der Waals surface area contributed by atoms with Gasteiger partial charge in [-0.1, -0.05) is 17.1 Å². The van der Waals surface area contributed by atoms with Crippen LogP contribution in [0.25, 0.3) is 0 Å². The number of oxime groups is 1. The van der Waals surface area contributed by atoms with Crippen molar-refractivity contribution in [1.82, 2.24) is 0 Å². The van der Waals surface area contributed by atoms with E-state index >= 15 is 0 Å². The number of benzene rings is 1. The Labute approximate surface area is 123 Å². The summed E-state index contributed by atoms with van der Waals surface area (Å²) in [6.07, 6.45) is 5.10. The molecule has 2 rings (SSSR count). The topological polar surface area (TPSA) is 41.9 Å². The highest BCUT2D eigenvalue weighted by Gasteiger charge is 2.23. The molecule has 0 saturated heterocycles. The standard InChI is InChI=1S/C15H16N2O2S/c1-4-8-19-16-11(3)12-6-7-14-13(9-12)17(5-2)15(18)10-20-14/h1,6-7,9H,5,8,10H2,2-3H3/b16-11-. The first-order valence-corrected chi connectivity index (χ1v) is 7.33. The van der Waals surface area contributed by atoms with E-state index < -0.39 is 0 Å². The molecule has 4 nitrogen and oxygen atoms in total. The molecule has 104 valence electrons. The fourth-order valence-corrected chi connectivity index (χ4v) is 2.91. The second-order valence-electron chi connectivity index (χ2n) is 4.26. The van der Waals surface area contributed by atoms with Gasteiger partial charge in [0.05, 0.1) is 17.2 Å². The maximum Gasteiger partial charge on any atom is 0.237 e. The van der Waals surface area contributed by atoms with Crippen LogP contribution in [-0.4, -0.2) is 30.5 Å². The number of thioether (sulfide) groups is 1. The number of amides is 1. The van der Waals surface area contributed by atoms with Gasteiger partial charge in [-0.15, -0.1) is 18.2 Å². The minimum absolute atomic E-state index is 0.139. The molecule has 1 aliphatic heterocycles. The summed E-state index contributed by atoms with van der Waals surface area (Å²) in [6.45, 7) is 4.64. The highest BCUT2D eigenvalue weighted by Crippen LogP contribution is 2.35. The third kappa shape index (κ3) is 2.97. The van der Waals surface area contributed by atoms with Crippen LogP contribution < -0.4 is 4.90 Å². The van der Waals surface area contributed by atoms with Crippen molar-refractivity contribution in [3.8, 4) is 12.3 Å². The van der Waals surface area contributed by atoms with E-state index in [4.69, 9.17) is 11.3 Å². The van der Waals surface area contributed by atoms with Gasteiger partial charge in [0.25, 0.3) is 0 Å². The smallest absolute Gasteiger partial charge is 0.237 e. The Kier molecular flexibility index (Phi) is 4.70. The lowest BCUT2D eigenvalue weighted by Crippen LogP contribution is -2.35. The van der Waals surface area contributed by atoms with E-state index in [1.165, 1.54) is 0 Å². The fraction of sp³-hybridized carbons (Fsp3) is 0.333. The van der Waals surface area contributed by atoms with Gasteiger partial charge in [-0.3, -0.25) is 4.79 Å². The lowest BCUT2D eigenvalue weighted by molar-refractivity contribution is -0.116. The zero-order valence-corrected chi connectivity index (χ0v) is 12.4. The number of hydrogen-bond donors (Lipinski definition) is 0. The normalized spacial score (nSPS) is 14.8. The zero-order chi connectivity index (χ0) is 14.5. The van der Waals surface area contributed by atoms with Gasteiger partial charge < -0.3 is 9.74 Å². The van der Waals surface area contributed by atoms with Gasteiger partial charge in [0, 0.05) is 17.0 Å². The highest BCUT2D eigenvalue weighted by molar-refractivity contribution is 8.00. The summed E-state index contributed by atoms with van der Waals surface area (Å²) in [6, 6.07) is 5.97. The van der Waals surface area contributed by atoms with Crippen molar-refractivity contribution >= 4 is 29.1 Å². The second-order valence-corrected chi connectivity index (χ2v) is 5.28. The molecule has 0 atom stereocenters. The number of hydrogen-bond acceptors (Lipinski definition) is 4. The number of carbonyl (C=O) groups is 1. The lowest BCUT2D eigenvalue weighted by Gasteiger charge is -2.28. The third-order valence-corrected chi connectivity index (χ3v) is 4.03. The third-order valence-electron chi connectivity index (χ3n) is 2.99. The van der Waals surface area contributed by atoms with Crippen LogP contribution in [0.4, 0.5) is 5.69 Å². The van der Waals surface area contributed by atoms with Gasteiger partial charge in [0.1, 0.15) is 0 Å². The number of fused-ring (bicyclic) bond motifs is 1. The van der Waals surface area contributed by atoms with Gasteiger partial charge in [-0.2, -0.15) is 0 Å². The second kappa shape index (κ2) is 6.49. The molecule has 5 heteroatoms. The average molecular weight is 288 g/mol. The summed E-state index contributed by atoms with van der Waals surface area (Å²) in [5.41, 5.74) is 2.61. The molecule has 1 heterocycles. The highest BCUT2D eigenvalue weighted by atomic mass is 32.2. The summed E-state index contributed by atoms with van der Waals surface area (Å²) < 4.78 is 0. The molecule has 1 aromatic carbocycles. The number of anilines is 1. The first-order chi connectivity index (χ1) is 9.67. The van der Waals surface area contributed by atoms with E-state index in [2.05, 4.69) is 11.1 Å². The molecule has 0 radical (unpaired) electrons. The number of nitrogens with zero attached hydrogens (tertiary/aromatic N) is 2. The first-order valence-electron chi connectivity index (χ1n) is 6.35. The van der Waals surface area contributed by atoms with Gasteiger partial charge in [-0.25, -0.2) is 0 Å². The van der Waals surface area contributed by atoms with E-state index in [-0.39, 0.29) is 12.5 Å². The van der Waals surface area contributed by atoms with Crippen molar-refractivity contribution < 1.29 is 9.63 Å². The van der Waals surface area contributed by atoms with Crippen molar-refractivity contribution in [3.63, 3.8) is 0 Å². The average Bonchev–Trinajstić information content (AvgIpc) is 2.46. The van der Waals surface area contributed by atoms with Crippen molar-refractivity contribution in [1.29, 1.82) is 0 Å². The molecular formula is C15H16N2O2S. The SMILES string of the molecule is C#CCO/N=C(/C)c1ccc2c(c1)N(CC)C(=O)CS2. The lowest BCUT2D eigenvalue weighted by atomic mass is 10.1. The molecule has 0 saturated carbocycles. The van der Waals surface area contributed by atoms with Gasteiger partial charge in [-0.05, 0) is 26.0 Å². The van der Waals surface area contributed by atoms with Crippen LogP contribution >= 0.6 is 11.8 Å². The van der Waals surface area contributed by atoms with E-state index in [1.54, 1.807) is 16.7 Å². The number of rotatable bonds is 4. The molecule has 0 spiro atoms. The van der Waals surface area contributed by atoms with Crippen LogP contribution in [0.5, 0.6) is 0 Å². The predicted octanol–water partition coefficient (Wildman–Crippen LogP) is 2.52. The molecule has 1 amide bonds. The summed E-state index contributed by atoms with van der Waals surface area (Å²) >= 11 is 1.57. The minimum Gasteiger partial charge on any atom is -0.382 e. The summed E-state index contributed by atoms with van der Waals surface area (Å²) in [5, 5.41) is 3.97. The van der Waals surface area contributed by atoms with E-state index in [9.17, 15) is 4.79 Å². The van der Waals surface area contributed by atoms with Gasteiger partial charge in [0.15, 0.2) is 6.61 Å². The Hall–Kier alpha value is -1.93. The van der Waals surface area contributed by atoms with Crippen LogP contribution in [0, 0.1) is 12.3 Å². The van der Waals surface area contributed by atoms with E-state index in [0.717, 1.165) is 21.9 Å². The zero-order valence-electron chi connectivity index (χ0n) is 11.5. The largest absolute Gasteiger partial charge is 0.382 e.